The fourth-order valence-corrected chi connectivity index (χ4v) is 2.55. The van der Waals surface area contributed by atoms with E-state index in [-0.39, 0.29) is 12.5 Å². The molecule has 1 saturated heterocycles. The molecular weight excluding hydrogens is 242 g/mol. The lowest BCUT2D eigenvalue weighted by molar-refractivity contribution is -0.120. The van der Waals surface area contributed by atoms with Crippen molar-refractivity contribution in [2.45, 2.75) is 19.4 Å². The molecule has 5 heteroatoms. The van der Waals surface area contributed by atoms with Gasteiger partial charge in [-0.15, -0.1) is 0 Å². The maximum atomic E-state index is 11.4. The van der Waals surface area contributed by atoms with Gasteiger partial charge in [0.2, 0.25) is 5.91 Å². The summed E-state index contributed by atoms with van der Waals surface area (Å²) in [6, 6.07) is 7.93. The molecule has 5 nitrogen and oxygen atoms in total. The Balaban J connectivity index is 2.01. The first-order valence-electron chi connectivity index (χ1n) is 6.62. The van der Waals surface area contributed by atoms with Crippen LogP contribution in [0.4, 0.5) is 0 Å². The van der Waals surface area contributed by atoms with E-state index in [2.05, 4.69) is 10.3 Å². The van der Waals surface area contributed by atoms with Gasteiger partial charge in [0.05, 0.1) is 6.42 Å². The van der Waals surface area contributed by atoms with Crippen molar-refractivity contribution in [3.05, 3.63) is 35.4 Å². The zero-order valence-electron chi connectivity index (χ0n) is 11.0. The molecule has 1 atom stereocenters. The van der Waals surface area contributed by atoms with Gasteiger partial charge in [-0.25, -0.2) is 5.84 Å². The maximum Gasteiger partial charge on any atom is 0.238 e. The smallest absolute Gasteiger partial charge is 0.238 e. The molecule has 104 valence electrons. The quantitative estimate of drug-likeness (QED) is 0.398. The third-order valence-corrected chi connectivity index (χ3v) is 3.65. The Bertz CT molecular complexity index is 436. The summed E-state index contributed by atoms with van der Waals surface area (Å²) in [5.74, 6) is 5.34. The molecular formula is C14H21N3O2. The van der Waals surface area contributed by atoms with Gasteiger partial charge in [0.25, 0.3) is 0 Å². The third kappa shape index (κ3) is 3.76. The van der Waals surface area contributed by atoms with Crippen molar-refractivity contribution in [2.24, 2.45) is 11.8 Å². The van der Waals surface area contributed by atoms with Crippen LogP contribution in [0.15, 0.2) is 24.3 Å². The van der Waals surface area contributed by atoms with Crippen molar-refractivity contribution >= 4 is 5.91 Å². The summed E-state index contributed by atoms with van der Waals surface area (Å²) in [4.78, 5) is 13.7. The number of benzene rings is 1. The second kappa shape index (κ2) is 6.65. The Morgan fingerprint density at radius 1 is 1.42 bits per heavy atom. The summed E-state index contributed by atoms with van der Waals surface area (Å²) >= 11 is 0. The Morgan fingerprint density at radius 2 is 2.16 bits per heavy atom. The first-order chi connectivity index (χ1) is 9.22. The fourth-order valence-electron chi connectivity index (χ4n) is 2.55. The van der Waals surface area contributed by atoms with Gasteiger partial charge in [0, 0.05) is 19.7 Å². The number of nitrogens with two attached hydrogens (primary N) is 1. The van der Waals surface area contributed by atoms with Crippen LogP contribution in [0.3, 0.4) is 0 Å². The van der Waals surface area contributed by atoms with E-state index in [9.17, 15) is 4.79 Å². The van der Waals surface area contributed by atoms with E-state index >= 15 is 0 Å². The minimum atomic E-state index is -0.179. The van der Waals surface area contributed by atoms with Gasteiger partial charge in [-0.3, -0.25) is 15.1 Å². The molecule has 0 saturated carbocycles. The van der Waals surface area contributed by atoms with E-state index in [1.807, 2.05) is 24.3 Å². The molecule has 4 N–H and O–H groups in total. The molecule has 0 spiro atoms. The number of aliphatic hydroxyl groups is 1. The highest BCUT2D eigenvalue weighted by Crippen LogP contribution is 2.20. The van der Waals surface area contributed by atoms with Crippen LogP contribution in [0.1, 0.15) is 17.5 Å². The van der Waals surface area contributed by atoms with Crippen LogP contribution in [0.2, 0.25) is 0 Å². The highest BCUT2D eigenvalue weighted by atomic mass is 16.3. The first kappa shape index (κ1) is 14.0. The molecule has 1 aromatic rings. The van der Waals surface area contributed by atoms with Gasteiger partial charge in [-0.05, 0) is 30.0 Å². The zero-order chi connectivity index (χ0) is 13.7. The monoisotopic (exact) mass is 263 g/mol. The largest absolute Gasteiger partial charge is 0.396 e. The molecule has 1 fully saturated rings. The number of carbonyl (C=O) groups is 1. The van der Waals surface area contributed by atoms with Crippen molar-refractivity contribution in [2.75, 3.05) is 19.7 Å². The predicted molar refractivity (Wildman–Crippen MR) is 72.9 cm³/mol. The molecule has 0 radical (unpaired) electrons. The standard InChI is InChI=1S/C14H21N3O2/c15-16-14(19)7-12-3-1-2-4-13(12)9-17-6-5-11(8-17)10-18/h1-4,11,18H,5-10,15H2,(H,16,19). The van der Waals surface area contributed by atoms with Crippen molar-refractivity contribution < 1.29 is 9.90 Å². The molecule has 1 amide bonds. The lowest BCUT2D eigenvalue weighted by Crippen LogP contribution is -2.32. The molecule has 1 heterocycles. The van der Waals surface area contributed by atoms with Gasteiger partial charge in [0.15, 0.2) is 0 Å². The van der Waals surface area contributed by atoms with Gasteiger partial charge < -0.3 is 5.11 Å². The summed E-state index contributed by atoms with van der Waals surface area (Å²) in [7, 11) is 0. The van der Waals surface area contributed by atoms with Crippen LogP contribution in [0.25, 0.3) is 0 Å². The number of hydrogen-bond acceptors (Lipinski definition) is 4. The molecule has 0 aliphatic carbocycles. The number of hydrazine groups is 1. The van der Waals surface area contributed by atoms with E-state index in [4.69, 9.17) is 10.9 Å². The first-order valence-corrected chi connectivity index (χ1v) is 6.62. The molecule has 0 bridgehead atoms. The zero-order valence-corrected chi connectivity index (χ0v) is 11.0. The Morgan fingerprint density at radius 3 is 2.79 bits per heavy atom. The van der Waals surface area contributed by atoms with Crippen molar-refractivity contribution in [1.82, 2.24) is 10.3 Å². The van der Waals surface area contributed by atoms with Gasteiger partial charge in [-0.1, -0.05) is 24.3 Å². The number of rotatable bonds is 5. The summed E-state index contributed by atoms with van der Waals surface area (Å²) < 4.78 is 0. The normalized spacial score (nSPS) is 19.6. The molecule has 19 heavy (non-hydrogen) atoms. The second-order valence-corrected chi connectivity index (χ2v) is 5.09. The van der Waals surface area contributed by atoms with E-state index in [1.54, 1.807) is 0 Å². The number of likely N-dealkylation sites (tertiary alicyclic amines) is 1. The maximum absolute atomic E-state index is 11.4. The second-order valence-electron chi connectivity index (χ2n) is 5.09. The minimum Gasteiger partial charge on any atom is -0.396 e. The van der Waals surface area contributed by atoms with E-state index in [1.165, 1.54) is 0 Å². The van der Waals surface area contributed by atoms with Crippen LogP contribution in [0.5, 0.6) is 0 Å². The van der Waals surface area contributed by atoms with E-state index in [0.717, 1.165) is 37.2 Å². The molecule has 1 aliphatic heterocycles. The summed E-state index contributed by atoms with van der Waals surface area (Å²) in [6.07, 6.45) is 1.35. The molecule has 0 aromatic heterocycles. The highest BCUT2D eigenvalue weighted by Gasteiger charge is 2.22. The molecule has 1 unspecified atom stereocenters. The average molecular weight is 263 g/mol. The van der Waals surface area contributed by atoms with Crippen molar-refractivity contribution in [1.29, 1.82) is 0 Å². The van der Waals surface area contributed by atoms with Crippen LogP contribution < -0.4 is 11.3 Å². The number of hydrogen-bond donors (Lipinski definition) is 3. The summed E-state index contributed by atoms with van der Waals surface area (Å²) in [6.45, 7) is 3.01. The van der Waals surface area contributed by atoms with E-state index < -0.39 is 0 Å². The van der Waals surface area contributed by atoms with Crippen LogP contribution in [-0.4, -0.2) is 35.6 Å². The summed E-state index contributed by atoms with van der Waals surface area (Å²) in [5.41, 5.74) is 4.33. The highest BCUT2D eigenvalue weighted by molar-refractivity contribution is 5.78. The SMILES string of the molecule is NNC(=O)Cc1ccccc1CN1CCC(CO)C1. The number of carbonyl (C=O) groups excluding carboxylic acids is 1. The third-order valence-electron chi connectivity index (χ3n) is 3.65. The van der Waals surface area contributed by atoms with Crippen LogP contribution in [0, 0.1) is 5.92 Å². The lowest BCUT2D eigenvalue weighted by Gasteiger charge is -2.18. The molecule has 1 aromatic carbocycles. The lowest BCUT2D eigenvalue weighted by atomic mass is 10.0. The van der Waals surface area contributed by atoms with Crippen molar-refractivity contribution in [3.63, 3.8) is 0 Å². The van der Waals surface area contributed by atoms with Gasteiger partial charge in [0.1, 0.15) is 0 Å². The summed E-state index contributed by atoms with van der Waals surface area (Å²) in [5, 5.41) is 9.16. The minimum absolute atomic E-state index is 0.179. The molecule has 2 rings (SSSR count). The Hall–Kier alpha value is -1.43. The number of amides is 1. The van der Waals surface area contributed by atoms with Crippen LogP contribution >= 0.6 is 0 Å². The Kier molecular flexibility index (Phi) is 4.90. The number of nitrogens with one attached hydrogen (secondary N) is 1. The molecule has 1 aliphatic rings. The number of aliphatic hydroxyl groups excluding tert-OH is 1. The van der Waals surface area contributed by atoms with Crippen LogP contribution in [-0.2, 0) is 17.8 Å². The van der Waals surface area contributed by atoms with Gasteiger partial charge in [-0.2, -0.15) is 0 Å². The van der Waals surface area contributed by atoms with E-state index in [0.29, 0.717) is 12.3 Å². The van der Waals surface area contributed by atoms with Crippen molar-refractivity contribution in [3.8, 4) is 0 Å². The fraction of sp³-hybridized carbons (Fsp3) is 0.500. The predicted octanol–water partition coefficient (Wildman–Crippen LogP) is 0.0332. The van der Waals surface area contributed by atoms with Gasteiger partial charge >= 0.3 is 0 Å². The topological polar surface area (TPSA) is 78.6 Å². The number of nitrogens with zero attached hydrogens (tertiary/aromatic N) is 1. The average Bonchev–Trinajstić information content (AvgIpc) is 2.88. The Labute approximate surface area is 113 Å².